The minimum absolute atomic E-state index is 0.0157. The van der Waals surface area contributed by atoms with Gasteiger partial charge in [-0.15, -0.1) is 0 Å². The average molecular weight is 374 g/mol. The van der Waals surface area contributed by atoms with Gasteiger partial charge in [0.2, 0.25) is 0 Å². The van der Waals surface area contributed by atoms with Crippen LogP contribution < -0.4 is 5.32 Å². The lowest BCUT2D eigenvalue weighted by molar-refractivity contribution is 0.0936. The first-order valence-corrected chi connectivity index (χ1v) is 10.0. The number of nitrogens with zero attached hydrogens (tertiary/aromatic N) is 2. The first-order chi connectivity index (χ1) is 13.7. The molecule has 1 saturated heterocycles. The Balaban J connectivity index is 1.44. The number of aryl methyl sites for hydroxylation is 1. The molecule has 2 heterocycles. The van der Waals surface area contributed by atoms with E-state index < -0.39 is 0 Å². The third kappa shape index (κ3) is 4.02. The van der Waals surface area contributed by atoms with Crippen molar-refractivity contribution in [2.45, 2.75) is 18.9 Å². The van der Waals surface area contributed by atoms with Gasteiger partial charge in [-0.05, 0) is 61.3 Å². The molecule has 1 atom stereocenters. The number of aromatic nitrogens is 1. The molecule has 1 fully saturated rings. The third-order valence-corrected chi connectivity index (χ3v) is 5.62. The molecule has 1 unspecified atom stereocenters. The van der Waals surface area contributed by atoms with E-state index >= 15 is 0 Å². The highest BCUT2D eigenvalue weighted by Crippen LogP contribution is 2.25. The van der Waals surface area contributed by atoms with Gasteiger partial charge in [-0.1, -0.05) is 42.5 Å². The van der Waals surface area contributed by atoms with Gasteiger partial charge in [0.1, 0.15) is 0 Å². The maximum absolute atomic E-state index is 12.7. The monoisotopic (exact) mass is 373 g/mol. The second-order valence-electron chi connectivity index (χ2n) is 7.46. The predicted octanol–water partition coefficient (Wildman–Crippen LogP) is 4.26. The topological polar surface area (TPSA) is 37.3 Å². The Kier molecular flexibility index (Phi) is 5.58. The van der Waals surface area contributed by atoms with Crippen molar-refractivity contribution in [2.75, 3.05) is 19.6 Å². The fraction of sp³-hybridized carbons (Fsp3) is 0.292. The van der Waals surface area contributed by atoms with Gasteiger partial charge < -0.3 is 9.88 Å². The summed E-state index contributed by atoms with van der Waals surface area (Å²) in [7, 11) is 2.07. The van der Waals surface area contributed by atoms with Crippen LogP contribution in [0.4, 0.5) is 0 Å². The number of hydrogen-bond donors (Lipinski definition) is 1. The van der Waals surface area contributed by atoms with E-state index in [9.17, 15) is 4.79 Å². The maximum Gasteiger partial charge on any atom is 0.251 e. The first kappa shape index (κ1) is 18.5. The molecule has 28 heavy (non-hydrogen) atoms. The van der Waals surface area contributed by atoms with Crippen LogP contribution in [0.3, 0.4) is 0 Å². The van der Waals surface area contributed by atoms with Crippen molar-refractivity contribution in [2.24, 2.45) is 7.05 Å². The summed E-state index contributed by atoms with van der Waals surface area (Å²) in [6.45, 7) is 2.81. The van der Waals surface area contributed by atoms with Gasteiger partial charge in [0.15, 0.2) is 0 Å². The summed E-state index contributed by atoms with van der Waals surface area (Å²) in [6.07, 6.45) is 4.54. The molecule has 4 rings (SSSR count). The van der Waals surface area contributed by atoms with Gasteiger partial charge in [-0.2, -0.15) is 0 Å². The first-order valence-electron chi connectivity index (χ1n) is 10.0. The Hall–Kier alpha value is -2.85. The molecule has 1 N–H and O–H groups in total. The number of likely N-dealkylation sites (tertiary alicyclic amines) is 1. The molecule has 0 aliphatic carbocycles. The summed E-state index contributed by atoms with van der Waals surface area (Å²) in [6, 6.07) is 22.5. The van der Waals surface area contributed by atoms with Gasteiger partial charge in [0, 0.05) is 31.0 Å². The highest BCUT2D eigenvalue weighted by Gasteiger charge is 2.25. The summed E-state index contributed by atoms with van der Waals surface area (Å²) >= 11 is 0. The molecular weight excluding hydrogens is 346 g/mol. The Morgan fingerprint density at radius 1 is 0.929 bits per heavy atom. The molecule has 144 valence electrons. The van der Waals surface area contributed by atoms with Gasteiger partial charge in [0.05, 0.1) is 6.04 Å². The molecule has 4 heteroatoms. The zero-order valence-electron chi connectivity index (χ0n) is 16.3. The summed E-state index contributed by atoms with van der Waals surface area (Å²) in [4.78, 5) is 15.2. The van der Waals surface area contributed by atoms with E-state index in [4.69, 9.17) is 0 Å². The minimum atomic E-state index is -0.0157. The molecule has 3 aromatic rings. The van der Waals surface area contributed by atoms with E-state index in [-0.39, 0.29) is 11.9 Å². The van der Waals surface area contributed by atoms with Crippen molar-refractivity contribution in [1.82, 2.24) is 14.8 Å². The standard InChI is InChI=1S/C24H27N3O/c1-26-15-7-10-22(26)23(27-16-5-6-17-27)18-25-24(28)21-13-11-20(12-14-21)19-8-3-2-4-9-19/h2-4,7-15,23H,5-6,16-18H2,1H3,(H,25,28). The highest BCUT2D eigenvalue weighted by molar-refractivity contribution is 5.94. The van der Waals surface area contributed by atoms with Crippen molar-refractivity contribution in [1.29, 1.82) is 0 Å². The molecule has 4 nitrogen and oxygen atoms in total. The number of nitrogens with one attached hydrogen (secondary N) is 1. The Bertz CT molecular complexity index is 909. The van der Waals surface area contributed by atoms with Crippen LogP contribution in [0.5, 0.6) is 0 Å². The van der Waals surface area contributed by atoms with Crippen LogP contribution in [0.15, 0.2) is 72.9 Å². The fourth-order valence-corrected chi connectivity index (χ4v) is 4.03. The van der Waals surface area contributed by atoms with E-state index in [1.54, 1.807) is 0 Å². The number of hydrogen-bond acceptors (Lipinski definition) is 2. The molecule has 0 radical (unpaired) electrons. The summed E-state index contributed by atoms with van der Waals surface area (Å²) in [5, 5.41) is 3.16. The maximum atomic E-state index is 12.7. The van der Waals surface area contributed by atoms with Crippen LogP contribution in [-0.2, 0) is 7.05 Å². The summed E-state index contributed by atoms with van der Waals surface area (Å²) in [5.74, 6) is -0.0157. The largest absolute Gasteiger partial charge is 0.353 e. The van der Waals surface area contributed by atoms with Crippen LogP contribution in [0.1, 0.15) is 34.9 Å². The molecule has 0 bridgehead atoms. The van der Waals surface area contributed by atoms with Gasteiger partial charge in [0.25, 0.3) is 5.91 Å². The number of rotatable bonds is 6. The lowest BCUT2D eigenvalue weighted by Crippen LogP contribution is -2.37. The predicted molar refractivity (Wildman–Crippen MR) is 113 cm³/mol. The summed E-state index contributed by atoms with van der Waals surface area (Å²) < 4.78 is 2.16. The van der Waals surface area contributed by atoms with E-state index in [0.29, 0.717) is 12.1 Å². The van der Waals surface area contributed by atoms with Crippen molar-refractivity contribution in [3.8, 4) is 11.1 Å². The SMILES string of the molecule is Cn1cccc1C(CNC(=O)c1ccc(-c2ccccc2)cc1)N1CCCC1. The Labute approximate surface area is 166 Å². The number of benzene rings is 2. The lowest BCUT2D eigenvalue weighted by atomic mass is 10.0. The molecule has 1 aromatic heterocycles. The molecule has 0 saturated carbocycles. The lowest BCUT2D eigenvalue weighted by Gasteiger charge is -2.28. The molecular formula is C24H27N3O. The van der Waals surface area contributed by atoms with Crippen molar-refractivity contribution in [3.63, 3.8) is 0 Å². The Morgan fingerprint density at radius 2 is 1.61 bits per heavy atom. The van der Waals surface area contributed by atoms with Crippen molar-refractivity contribution >= 4 is 5.91 Å². The average Bonchev–Trinajstić information content (AvgIpc) is 3.42. The van der Waals surface area contributed by atoms with Crippen LogP contribution in [0, 0.1) is 0 Å². The van der Waals surface area contributed by atoms with E-state index in [1.165, 1.54) is 18.5 Å². The van der Waals surface area contributed by atoms with Crippen molar-refractivity contribution < 1.29 is 4.79 Å². The molecule has 1 aliphatic rings. The molecule has 0 spiro atoms. The van der Waals surface area contributed by atoms with Crippen LogP contribution in [-0.4, -0.2) is 35.0 Å². The van der Waals surface area contributed by atoms with E-state index in [1.807, 2.05) is 42.5 Å². The Morgan fingerprint density at radius 3 is 2.25 bits per heavy atom. The molecule has 1 aliphatic heterocycles. The van der Waals surface area contributed by atoms with Gasteiger partial charge in [-0.3, -0.25) is 9.69 Å². The van der Waals surface area contributed by atoms with Crippen LogP contribution in [0.25, 0.3) is 11.1 Å². The zero-order valence-corrected chi connectivity index (χ0v) is 16.3. The van der Waals surface area contributed by atoms with Crippen molar-refractivity contribution in [3.05, 3.63) is 84.2 Å². The molecule has 1 amide bonds. The quantitative estimate of drug-likeness (QED) is 0.701. The number of amides is 1. The van der Waals surface area contributed by atoms with Gasteiger partial charge >= 0.3 is 0 Å². The second-order valence-corrected chi connectivity index (χ2v) is 7.46. The van der Waals surface area contributed by atoms with Crippen LogP contribution in [0.2, 0.25) is 0 Å². The number of carbonyl (C=O) groups excluding carboxylic acids is 1. The second kappa shape index (κ2) is 8.44. The van der Waals surface area contributed by atoms with Gasteiger partial charge in [-0.25, -0.2) is 0 Å². The third-order valence-electron chi connectivity index (χ3n) is 5.62. The van der Waals surface area contributed by atoms with E-state index in [0.717, 1.165) is 24.2 Å². The van der Waals surface area contributed by atoms with Crippen LogP contribution >= 0.6 is 0 Å². The normalized spacial score (nSPS) is 15.5. The summed E-state index contributed by atoms with van der Waals surface area (Å²) in [5.41, 5.74) is 4.23. The minimum Gasteiger partial charge on any atom is -0.353 e. The van der Waals surface area contributed by atoms with E-state index in [2.05, 4.69) is 52.3 Å². The highest BCUT2D eigenvalue weighted by atomic mass is 16.1. The fourth-order valence-electron chi connectivity index (χ4n) is 4.03. The number of carbonyl (C=O) groups is 1. The zero-order chi connectivity index (χ0) is 19.3. The molecule has 2 aromatic carbocycles. The smallest absolute Gasteiger partial charge is 0.251 e.